The fraction of sp³-hybridized carbons (Fsp3) is 0.107. The molecule has 2 rings (SSSR count). The molecule has 2 aromatic rings. The number of aliphatic hydroxyl groups is 1. The maximum Gasteiger partial charge on any atom is 0.335 e. The lowest BCUT2D eigenvalue weighted by Gasteiger charge is -2.16. The van der Waals surface area contributed by atoms with E-state index in [2.05, 4.69) is 26.3 Å². The van der Waals surface area contributed by atoms with E-state index >= 15 is 0 Å². The van der Waals surface area contributed by atoms with E-state index in [4.69, 9.17) is 18.9 Å². The lowest BCUT2D eigenvalue weighted by molar-refractivity contribution is -0.131. The van der Waals surface area contributed by atoms with Gasteiger partial charge in [0.2, 0.25) is 6.29 Å². The third-order valence-electron chi connectivity index (χ3n) is 4.90. The average molecular weight is 491 g/mol. The Kier molecular flexibility index (Phi) is 9.71. The normalized spacial score (nSPS) is 11.8. The number of esters is 3. The maximum absolute atomic E-state index is 11.8. The Balaban J connectivity index is 2.55. The Hall–Kier alpha value is -4.69. The largest absolute Gasteiger partial charge is 0.458 e. The highest BCUT2D eigenvalue weighted by Gasteiger charge is 2.16. The van der Waals surface area contributed by atoms with Gasteiger partial charge in [-0.1, -0.05) is 38.4 Å². The monoisotopic (exact) mass is 490 g/mol. The number of carbonyl (C=O) groups is 3. The van der Waals surface area contributed by atoms with E-state index in [1.807, 2.05) is 13.8 Å². The minimum Gasteiger partial charge on any atom is -0.458 e. The molecule has 8 heteroatoms. The van der Waals surface area contributed by atoms with Gasteiger partial charge < -0.3 is 24.1 Å². The van der Waals surface area contributed by atoms with Crippen molar-refractivity contribution < 1.29 is 38.4 Å². The minimum atomic E-state index is -1.30. The van der Waals surface area contributed by atoms with Crippen LogP contribution in [0.2, 0.25) is 0 Å². The van der Waals surface area contributed by atoms with Gasteiger partial charge in [0.25, 0.3) is 0 Å². The minimum absolute atomic E-state index is 0.0162. The molecule has 8 nitrogen and oxygen atoms in total. The molecule has 0 aliphatic carbocycles. The molecule has 1 atom stereocenters. The summed E-state index contributed by atoms with van der Waals surface area (Å²) in [6.45, 7) is 17.2. The molecule has 0 spiro atoms. The van der Waals surface area contributed by atoms with Gasteiger partial charge in [0.1, 0.15) is 0 Å². The number of hydrogen-bond donors (Lipinski definition) is 1. The molecule has 0 aromatic heterocycles. The fourth-order valence-corrected chi connectivity index (χ4v) is 2.89. The molecule has 0 amide bonds. The molecule has 0 bridgehead atoms. The van der Waals surface area contributed by atoms with Crippen molar-refractivity contribution in [3.05, 3.63) is 98.1 Å². The molecule has 0 aliphatic rings. The van der Waals surface area contributed by atoms with Crippen LogP contribution in [0, 0.1) is 0 Å². The summed E-state index contributed by atoms with van der Waals surface area (Å²) >= 11 is 0. The molecular formula is C28H26O8. The first-order valence-corrected chi connectivity index (χ1v) is 10.6. The highest BCUT2D eigenvalue weighted by molar-refractivity contribution is 5.91. The summed E-state index contributed by atoms with van der Waals surface area (Å²) in [7, 11) is 0. The van der Waals surface area contributed by atoms with Crippen molar-refractivity contribution in [1.29, 1.82) is 0 Å². The summed E-state index contributed by atoms with van der Waals surface area (Å²) in [6, 6.07) is 9.55. The van der Waals surface area contributed by atoms with Crippen LogP contribution >= 0.6 is 0 Å². The van der Waals surface area contributed by atoms with E-state index in [1.165, 1.54) is 12.1 Å². The topological polar surface area (TPSA) is 108 Å². The zero-order chi connectivity index (χ0) is 26.8. The van der Waals surface area contributed by atoms with Gasteiger partial charge in [0.05, 0.1) is 0 Å². The second-order valence-electron chi connectivity index (χ2n) is 7.19. The number of aliphatic hydroxyl groups excluding tert-OH is 1. The number of carbonyl (C=O) groups excluding carboxylic acids is 3. The maximum atomic E-state index is 11.8. The van der Waals surface area contributed by atoms with Crippen LogP contribution < -0.4 is 18.9 Å². The Morgan fingerprint density at radius 3 is 1.50 bits per heavy atom. The van der Waals surface area contributed by atoms with Crippen molar-refractivity contribution >= 4 is 29.1 Å². The van der Waals surface area contributed by atoms with Crippen molar-refractivity contribution in [1.82, 2.24) is 0 Å². The van der Waals surface area contributed by atoms with Gasteiger partial charge in [-0.05, 0) is 66.5 Å². The van der Waals surface area contributed by atoms with E-state index in [0.717, 1.165) is 29.4 Å². The Labute approximate surface area is 209 Å². The molecule has 1 unspecified atom stereocenters. The number of allylic oxidation sites excluding steroid dienone is 2. The van der Waals surface area contributed by atoms with Gasteiger partial charge in [0, 0.05) is 18.2 Å². The van der Waals surface area contributed by atoms with Crippen LogP contribution in [-0.2, 0) is 14.4 Å². The summed E-state index contributed by atoms with van der Waals surface area (Å²) < 4.78 is 21.0. The first-order valence-electron chi connectivity index (χ1n) is 10.6. The Morgan fingerprint density at radius 1 is 0.694 bits per heavy atom. The van der Waals surface area contributed by atoms with Gasteiger partial charge in [-0.3, -0.25) is 0 Å². The van der Waals surface area contributed by atoms with Crippen LogP contribution in [0.4, 0.5) is 0 Å². The molecule has 186 valence electrons. The SMILES string of the molecule is C=CC(=O)Oc1ccc(/C(C)=C(\C)c2ccc(OC(O)C=C)c(OC(=O)C=C)c2)cc1OC(=O)C=C. The third kappa shape index (κ3) is 7.15. The summed E-state index contributed by atoms with van der Waals surface area (Å²) in [5, 5.41) is 9.75. The first kappa shape index (κ1) is 27.6. The van der Waals surface area contributed by atoms with Gasteiger partial charge >= 0.3 is 17.9 Å². The van der Waals surface area contributed by atoms with E-state index in [-0.39, 0.29) is 23.0 Å². The third-order valence-corrected chi connectivity index (χ3v) is 4.90. The molecule has 0 saturated carbocycles. The van der Waals surface area contributed by atoms with Gasteiger partial charge in [-0.25, -0.2) is 14.4 Å². The van der Waals surface area contributed by atoms with E-state index in [9.17, 15) is 19.5 Å². The van der Waals surface area contributed by atoms with E-state index < -0.39 is 24.2 Å². The van der Waals surface area contributed by atoms with Gasteiger partial charge in [0.15, 0.2) is 23.0 Å². The summed E-state index contributed by atoms with van der Waals surface area (Å²) in [5.41, 5.74) is 2.88. The molecule has 36 heavy (non-hydrogen) atoms. The second kappa shape index (κ2) is 12.7. The zero-order valence-electron chi connectivity index (χ0n) is 20.0. The fourth-order valence-electron chi connectivity index (χ4n) is 2.89. The first-order chi connectivity index (χ1) is 17.1. The van der Waals surface area contributed by atoms with Crippen LogP contribution in [0.3, 0.4) is 0 Å². The number of hydrogen-bond acceptors (Lipinski definition) is 8. The van der Waals surface area contributed by atoms with Crippen LogP contribution in [0.5, 0.6) is 23.0 Å². The van der Waals surface area contributed by atoms with E-state index in [1.54, 1.807) is 30.3 Å². The van der Waals surface area contributed by atoms with Gasteiger partial charge in [-0.15, -0.1) is 0 Å². The molecular weight excluding hydrogens is 464 g/mol. The van der Waals surface area contributed by atoms with Crippen molar-refractivity contribution in [3.8, 4) is 23.0 Å². The van der Waals surface area contributed by atoms with Gasteiger partial charge in [-0.2, -0.15) is 0 Å². The summed E-state index contributed by atoms with van der Waals surface area (Å²) in [5.74, 6) is -1.91. The summed E-state index contributed by atoms with van der Waals surface area (Å²) in [4.78, 5) is 35.3. The quantitative estimate of drug-likeness (QED) is 0.120. The molecule has 1 N–H and O–H groups in total. The molecule has 0 fully saturated rings. The zero-order valence-corrected chi connectivity index (χ0v) is 20.0. The molecule has 0 heterocycles. The number of ether oxygens (including phenoxy) is 4. The molecule has 0 saturated heterocycles. The predicted octanol–water partition coefficient (Wildman–Crippen LogP) is 4.79. The molecule has 0 radical (unpaired) electrons. The van der Waals surface area contributed by atoms with Crippen LogP contribution in [0.1, 0.15) is 25.0 Å². The standard InChI is InChI=1S/C28H26O8/c1-7-25(29)33-21-13-11-19(15-23(21)35-27(31)9-3)17(5)18(6)20-12-14-22(34-26(30)8-2)24(16-20)36-28(32)10-4/h7-16,25,29H,1-4H2,5-6H3/b18-17+. The van der Waals surface area contributed by atoms with Crippen molar-refractivity contribution in [3.63, 3.8) is 0 Å². The summed E-state index contributed by atoms with van der Waals surface area (Å²) in [6.07, 6.45) is 2.84. The van der Waals surface area contributed by atoms with Crippen LogP contribution in [0.25, 0.3) is 11.1 Å². The van der Waals surface area contributed by atoms with Crippen LogP contribution in [0.15, 0.2) is 87.0 Å². The van der Waals surface area contributed by atoms with E-state index in [0.29, 0.717) is 11.1 Å². The number of rotatable bonds is 11. The number of benzene rings is 2. The van der Waals surface area contributed by atoms with Crippen molar-refractivity contribution in [2.75, 3.05) is 0 Å². The highest BCUT2D eigenvalue weighted by atomic mass is 16.6. The Bertz CT molecular complexity index is 1250. The van der Waals surface area contributed by atoms with Crippen molar-refractivity contribution in [2.45, 2.75) is 20.1 Å². The smallest absolute Gasteiger partial charge is 0.335 e. The Morgan fingerprint density at radius 2 is 1.08 bits per heavy atom. The predicted molar refractivity (Wildman–Crippen MR) is 135 cm³/mol. The van der Waals surface area contributed by atoms with Crippen LogP contribution in [-0.4, -0.2) is 29.3 Å². The lowest BCUT2D eigenvalue weighted by atomic mass is 9.96. The highest BCUT2D eigenvalue weighted by Crippen LogP contribution is 2.37. The lowest BCUT2D eigenvalue weighted by Crippen LogP contribution is -2.13. The molecule has 0 aliphatic heterocycles. The second-order valence-corrected chi connectivity index (χ2v) is 7.19. The average Bonchev–Trinajstić information content (AvgIpc) is 2.89. The molecule has 2 aromatic carbocycles. The van der Waals surface area contributed by atoms with Crippen molar-refractivity contribution in [2.24, 2.45) is 0 Å².